The Balaban J connectivity index is 1.71. The van der Waals surface area contributed by atoms with Crippen molar-refractivity contribution in [3.05, 3.63) is 12.7 Å². The lowest BCUT2D eigenvalue weighted by Crippen LogP contribution is -2.30. The average molecular weight is 335 g/mol. The molecule has 0 spiro atoms. The molecule has 0 heterocycles. The lowest BCUT2D eigenvalue weighted by atomic mass is 9.66. The van der Waals surface area contributed by atoms with Crippen LogP contribution in [-0.2, 0) is 4.79 Å². The van der Waals surface area contributed by atoms with Gasteiger partial charge in [-0.15, -0.1) is 6.58 Å². The Morgan fingerprint density at radius 2 is 1.62 bits per heavy atom. The van der Waals surface area contributed by atoms with Gasteiger partial charge < -0.3 is 5.11 Å². The van der Waals surface area contributed by atoms with Crippen LogP contribution in [-0.4, -0.2) is 11.1 Å². The Hall–Kier alpha value is -0.790. The van der Waals surface area contributed by atoms with Gasteiger partial charge in [-0.05, 0) is 68.6 Å². The first-order chi connectivity index (χ1) is 11.7. The van der Waals surface area contributed by atoms with E-state index >= 15 is 0 Å². The number of allylic oxidation sites excluding steroid dienone is 1. The van der Waals surface area contributed by atoms with E-state index in [1.165, 1.54) is 64.2 Å². The number of aliphatic carboxylic acids is 1. The van der Waals surface area contributed by atoms with Crippen LogP contribution in [0.4, 0.5) is 0 Å². The highest BCUT2D eigenvalue weighted by molar-refractivity contribution is 5.70. The Morgan fingerprint density at radius 3 is 2.12 bits per heavy atom. The van der Waals surface area contributed by atoms with Crippen LogP contribution >= 0.6 is 0 Å². The molecule has 1 atom stereocenters. The lowest BCUT2D eigenvalue weighted by molar-refractivity contribution is -0.144. The Kier molecular flexibility index (Phi) is 8.35. The second kappa shape index (κ2) is 10.3. The molecule has 1 N–H and O–H groups in total. The smallest absolute Gasteiger partial charge is 0.307 e. The first-order valence-electron chi connectivity index (χ1n) is 10.5. The van der Waals surface area contributed by atoms with Gasteiger partial charge in [-0.25, -0.2) is 0 Å². The number of carboxylic acids is 1. The van der Waals surface area contributed by atoms with Crippen LogP contribution in [0.3, 0.4) is 0 Å². The number of carboxylic acid groups (broad SMARTS) is 1. The van der Waals surface area contributed by atoms with Crippen molar-refractivity contribution in [1.82, 2.24) is 0 Å². The molecular weight excluding hydrogens is 296 g/mol. The second-order valence-corrected chi connectivity index (χ2v) is 8.42. The number of carbonyl (C=O) groups is 1. The fourth-order valence-electron chi connectivity index (χ4n) is 5.32. The predicted molar refractivity (Wildman–Crippen MR) is 101 cm³/mol. The summed E-state index contributed by atoms with van der Waals surface area (Å²) in [5, 5.41) is 9.44. The van der Waals surface area contributed by atoms with Crippen LogP contribution in [0, 0.1) is 29.6 Å². The zero-order valence-electron chi connectivity index (χ0n) is 15.7. The van der Waals surface area contributed by atoms with Crippen LogP contribution in [0.1, 0.15) is 90.4 Å². The Labute approximate surface area is 149 Å². The molecule has 2 rings (SSSR count). The van der Waals surface area contributed by atoms with E-state index in [9.17, 15) is 9.90 Å². The highest BCUT2D eigenvalue weighted by Crippen LogP contribution is 2.44. The van der Waals surface area contributed by atoms with E-state index in [1.54, 1.807) is 6.08 Å². The van der Waals surface area contributed by atoms with Gasteiger partial charge in [0.2, 0.25) is 0 Å². The second-order valence-electron chi connectivity index (χ2n) is 8.42. The summed E-state index contributed by atoms with van der Waals surface area (Å²) in [4.78, 5) is 11.5. The summed E-state index contributed by atoms with van der Waals surface area (Å²) in [7, 11) is 0. The van der Waals surface area contributed by atoms with Gasteiger partial charge in [-0.2, -0.15) is 0 Å². The minimum atomic E-state index is -0.620. The van der Waals surface area contributed by atoms with Crippen molar-refractivity contribution in [2.45, 2.75) is 90.4 Å². The molecule has 0 aromatic rings. The monoisotopic (exact) mass is 334 g/mol. The zero-order chi connectivity index (χ0) is 17.4. The number of unbranched alkanes of at least 4 members (excludes halogenated alkanes) is 2. The molecule has 2 heteroatoms. The average Bonchev–Trinajstić information content (AvgIpc) is 2.60. The van der Waals surface area contributed by atoms with Gasteiger partial charge in [0.15, 0.2) is 0 Å². The number of hydrogen-bond acceptors (Lipinski definition) is 1. The van der Waals surface area contributed by atoms with Crippen molar-refractivity contribution in [2.75, 3.05) is 0 Å². The van der Waals surface area contributed by atoms with Crippen LogP contribution in [0.2, 0.25) is 0 Å². The molecule has 24 heavy (non-hydrogen) atoms. The van der Waals surface area contributed by atoms with Gasteiger partial charge in [0.25, 0.3) is 0 Å². The topological polar surface area (TPSA) is 37.3 Å². The fraction of sp³-hybridized carbons (Fsp3) is 0.864. The minimum Gasteiger partial charge on any atom is -0.481 e. The minimum absolute atomic E-state index is 0.197. The molecule has 2 aliphatic rings. The zero-order valence-corrected chi connectivity index (χ0v) is 15.7. The quantitative estimate of drug-likeness (QED) is 0.388. The van der Waals surface area contributed by atoms with Gasteiger partial charge in [0.05, 0.1) is 5.92 Å². The van der Waals surface area contributed by atoms with E-state index in [2.05, 4.69) is 13.5 Å². The third-order valence-electron chi connectivity index (χ3n) is 6.90. The molecule has 2 aliphatic carbocycles. The van der Waals surface area contributed by atoms with Gasteiger partial charge >= 0.3 is 5.97 Å². The van der Waals surface area contributed by atoms with E-state index in [0.29, 0.717) is 12.3 Å². The molecule has 0 bridgehead atoms. The van der Waals surface area contributed by atoms with Gasteiger partial charge in [-0.1, -0.05) is 51.5 Å². The van der Waals surface area contributed by atoms with Crippen molar-refractivity contribution >= 4 is 5.97 Å². The van der Waals surface area contributed by atoms with E-state index in [-0.39, 0.29) is 5.92 Å². The first-order valence-corrected chi connectivity index (χ1v) is 10.5. The van der Waals surface area contributed by atoms with Gasteiger partial charge in [-0.3, -0.25) is 4.79 Å². The summed E-state index contributed by atoms with van der Waals surface area (Å²) in [6.45, 7) is 6.03. The van der Waals surface area contributed by atoms with Crippen molar-refractivity contribution in [2.24, 2.45) is 29.6 Å². The van der Waals surface area contributed by atoms with E-state index in [1.807, 2.05) is 0 Å². The summed E-state index contributed by atoms with van der Waals surface area (Å²) in [6.07, 6.45) is 18.5. The van der Waals surface area contributed by atoms with Crippen molar-refractivity contribution in [3.63, 3.8) is 0 Å². The Bertz CT molecular complexity index is 373. The van der Waals surface area contributed by atoms with E-state index < -0.39 is 5.97 Å². The van der Waals surface area contributed by atoms with Crippen molar-refractivity contribution < 1.29 is 9.90 Å². The SMILES string of the molecule is C=CCC(C(=O)O)C1CCC([C@H]2CC[C@H](CCCCC)CC2)CC1. The van der Waals surface area contributed by atoms with Gasteiger partial charge in [0, 0.05) is 0 Å². The number of hydrogen-bond donors (Lipinski definition) is 1. The molecule has 138 valence electrons. The number of rotatable bonds is 9. The lowest BCUT2D eigenvalue weighted by Gasteiger charge is -2.39. The third-order valence-corrected chi connectivity index (χ3v) is 6.90. The summed E-state index contributed by atoms with van der Waals surface area (Å²) >= 11 is 0. The molecule has 2 nitrogen and oxygen atoms in total. The van der Waals surface area contributed by atoms with E-state index in [0.717, 1.165) is 30.6 Å². The molecule has 0 radical (unpaired) electrons. The highest BCUT2D eigenvalue weighted by atomic mass is 16.4. The van der Waals surface area contributed by atoms with Gasteiger partial charge in [0.1, 0.15) is 0 Å². The van der Waals surface area contributed by atoms with Crippen molar-refractivity contribution in [1.29, 1.82) is 0 Å². The molecule has 0 amide bonds. The standard InChI is InChI=1S/C22H38O2/c1-3-5-6-8-17-9-11-18(12-10-17)19-13-15-20(16-14-19)21(7-4-2)22(23)24/h4,17-21H,2-3,5-16H2,1H3,(H,23,24)/t17-,18-,19?,20?,21?. The molecule has 0 saturated heterocycles. The maximum absolute atomic E-state index is 11.5. The predicted octanol–water partition coefficient (Wildman–Crippen LogP) is 6.46. The molecule has 0 aromatic carbocycles. The molecule has 1 unspecified atom stereocenters. The van der Waals surface area contributed by atoms with Crippen LogP contribution < -0.4 is 0 Å². The molecule has 2 fully saturated rings. The third kappa shape index (κ3) is 5.63. The van der Waals surface area contributed by atoms with E-state index in [4.69, 9.17) is 0 Å². The Morgan fingerprint density at radius 1 is 1.04 bits per heavy atom. The summed E-state index contributed by atoms with van der Waals surface area (Å²) in [6, 6.07) is 0. The van der Waals surface area contributed by atoms with Crippen molar-refractivity contribution in [3.8, 4) is 0 Å². The van der Waals surface area contributed by atoms with Crippen LogP contribution in [0.25, 0.3) is 0 Å². The van der Waals surface area contributed by atoms with Crippen LogP contribution in [0.15, 0.2) is 12.7 Å². The normalized spacial score (nSPS) is 32.2. The maximum Gasteiger partial charge on any atom is 0.307 e. The summed E-state index contributed by atoms with van der Waals surface area (Å²) in [5.41, 5.74) is 0. The largest absolute Gasteiger partial charge is 0.481 e. The highest BCUT2D eigenvalue weighted by Gasteiger charge is 2.34. The first kappa shape index (κ1) is 19.5. The van der Waals surface area contributed by atoms with Crippen LogP contribution in [0.5, 0.6) is 0 Å². The maximum atomic E-state index is 11.5. The molecule has 0 aromatic heterocycles. The summed E-state index contributed by atoms with van der Waals surface area (Å²) in [5.74, 6) is 2.35. The molecule has 0 aliphatic heterocycles. The molecule has 2 saturated carbocycles. The fourth-order valence-corrected chi connectivity index (χ4v) is 5.32. The summed E-state index contributed by atoms with van der Waals surface area (Å²) < 4.78 is 0. The molecular formula is C22H38O2.